The van der Waals surface area contributed by atoms with Gasteiger partial charge in [-0.3, -0.25) is 4.79 Å². The largest absolute Gasteiger partial charge is 0.486 e. The van der Waals surface area contributed by atoms with Gasteiger partial charge in [0.25, 0.3) is 0 Å². The maximum Gasteiger partial charge on any atom is 0.486 e. The Balaban J connectivity index is 4.14. The molecule has 0 aliphatic heterocycles. The number of aliphatic hydroxyl groups is 1. The Labute approximate surface area is 73.3 Å². The number of hydrogen-bond donors (Lipinski definition) is 5. The van der Waals surface area contributed by atoms with Gasteiger partial charge in [0.15, 0.2) is 6.04 Å². The Bertz CT molecular complexity index is 223. The minimum atomic E-state index is -4.78. The van der Waals surface area contributed by atoms with Crippen molar-refractivity contribution in [3.63, 3.8) is 0 Å². The molecule has 0 aromatic carbocycles. The summed E-state index contributed by atoms with van der Waals surface area (Å²) in [5.41, 5.74) is 1.55. The lowest BCUT2D eigenvalue weighted by molar-refractivity contribution is -0.145. The van der Waals surface area contributed by atoms with Crippen LogP contribution in [-0.2, 0) is 14.0 Å². The molecule has 0 aromatic rings. The molecule has 8 nitrogen and oxygen atoms in total. The Hall–Kier alpha value is -0.500. The van der Waals surface area contributed by atoms with Crippen molar-refractivity contribution in [1.82, 2.24) is 5.48 Å². The van der Waals surface area contributed by atoms with Crippen LogP contribution < -0.4 is 5.48 Å². The van der Waals surface area contributed by atoms with Crippen LogP contribution in [-0.4, -0.2) is 38.1 Å². The molecular weight excluding hydrogens is 205 g/mol. The van der Waals surface area contributed by atoms with Crippen LogP contribution >= 0.6 is 7.82 Å². The first-order valence-electron chi connectivity index (χ1n) is 3.14. The summed E-state index contributed by atoms with van der Waals surface area (Å²) in [6.45, 7) is 1.13. The number of aliphatic hydroxyl groups excluding tert-OH is 1. The van der Waals surface area contributed by atoms with Crippen molar-refractivity contribution in [1.29, 1.82) is 0 Å². The molecule has 0 heterocycles. The van der Waals surface area contributed by atoms with Gasteiger partial charge in [-0.1, -0.05) is 0 Å². The van der Waals surface area contributed by atoms with Gasteiger partial charge < -0.3 is 20.0 Å². The number of hydroxylamine groups is 1. The molecule has 0 radical (unpaired) electrons. The number of aliphatic carboxylic acids is 1. The fourth-order valence-corrected chi connectivity index (χ4v) is 0.732. The molecule has 0 aromatic heterocycles. The number of nitrogens with one attached hydrogen (secondary N) is 1. The number of carboxylic acids is 1. The summed E-state index contributed by atoms with van der Waals surface area (Å²) in [7, 11) is -4.78. The molecule has 0 aliphatic carbocycles. The zero-order valence-corrected chi connectivity index (χ0v) is 7.51. The molecule has 0 fully saturated rings. The summed E-state index contributed by atoms with van der Waals surface area (Å²) < 4.78 is 13.8. The van der Waals surface area contributed by atoms with Crippen molar-refractivity contribution in [3.8, 4) is 0 Å². The second-order valence-electron chi connectivity index (χ2n) is 2.26. The Morgan fingerprint density at radius 1 is 1.54 bits per heavy atom. The molecule has 0 aliphatic rings. The third kappa shape index (κ3) is 5.69. The van der Waals surface area contributed by atoms with Gasteiger partial charge in [0.2, 0.25) is 0 Å². The average Bonchev–Trinajstić information content (AvgIpc) is 1.82. The normalized spacial score (nSPS) is 16.6. The topological polar surface area (TPSA) is 136 Å². The van der Waals surface area contributed by atoms with Gasteiger partial charge in [-0.25, -0.2) is 4.57 Å². The average molecular weight is 215 g/mol. The van der Waals surface area contributed by atoms with Crippen molar-refractivity contribution in [3.05, 3.63) is 0 Å². The minimum absolute atomic E-state index is 1.13. The van der Waals surface area contributed by atoms with Crippen LogP contribution in [0.3, 0.4) is 0 Å². The van der Waals surface area contributed by atoms with Crippen LogP contribution in [0.4, 0.5) is 0 Å². The van der Waals surface area contributed by atoms with Crippen LogP contribution in [0.15, 0.2) is 0 Å². The first-order chi connectivity index (χ1) is 5.74. The second-order valence-corrected chi connectivity index (χ2v) is 3.42. The highest BCUT2D eigenvalue weighted by molar-refractivity contribution is 7.46. The van der Waals surface area contributed by atoms with E-state index in [-0.39, 0.29) is 0 Å². The van der Waals surface area contributed by atoms with Crippen molar-refractivity contribution < 1.29 is 34.0 Å². The molecule has 0 bridgehead atoms. The first kappa shape index (κ1) is 12.5. The van der Waals surface area contributed by atoms with E-state index in [0.717, 1.165) is 6.92 Å². The Kier molecular flexibility index (Phi) is 4.48. The summed E-state index contributed by atoms with van der Waals surface area (Å²) in [5.74, 6) is -1.48. The molecule has 13 heavy (non-hydrogen) atoms. The SMILES string of the molecule is CC(O)[C@H](NOP(=O)(O)O)C(=O)O. The van der Waals surface area contributed by atoms with E-state index in [1.54, 1.807) is 5.48 Å². The zero-order chi connectivity index (χ0) is 10.6. The fourth-order valence-electron chi connectivity index (χ4n) is 0.481. The molecule has 0 amide bonds. The molecular formula is C4H10NO7P. The van der Waals surface area contributed by atoms with E-state index in [0.29, 0.717) is 0 Å². The number of rotatable bonds is 5. The van der Waals surface area contributed by atoms with Crippen molar-refractivity contribution in [2.75, 3.05) is 0 Å². The summed E-state index contributed by atoms with van der Waals surface area (Å²) >= 11 is 0. The van der Waals surface area contributed by atoms with E-state index in [1.165, 1.54) is 0 Å². The number of hydrogen-bond acceptors (Lipinski definition) is 5. The van der Waals surface area contributed by atoms with Crippen molar-refractivity contribution in [2.45, 2.75) is 19.1 Å². The lowest BCUT2D eigenvalue weighted by atomic mass is 10.2. The molecule has 2 atom stereocenters. The van der Waals surface area contributed by atoms with E-state index in [9.17, 15) is 9.36 Å². The van der Waals surface area contributed by atoms with Crippen LogP contribution in [0.25, 0.3) is 0 Å². The highest BCUT2D eigenvalue weighted by atomic mass is 31.2. The van der Waals surface area contributed by atoms with E-state index in [4.69, 9.17) is 20.0 Å². The lowest BCUT2D eigenvalue weighted by Gasteiger charge is -2.16. The smallest absolute Gasteiger partial charge is 0.480 e. The summed E-state index contributed by atoms with van der Waals surface area (Å²) in [5, 5.41) is 17.2. The van der Waals surface area contributed by atoms with Crippen LogP contribution in [0.1, 0.15) is 6.92 Å². The Morgan fingerprint density at radius 3 is 2.23 bits per heavy atom. The minimum Gasteiger partial charge on any atom is -0.480 e. The van der Waals surface area contributed by atoms with Crippen LogP contribution in [0.5, 0.6) is 0 Å². The maximum absolute atomic E-state index is 10.3. The molecule has 0 saturated carbocycles. The van der Waals surface area contributed by atoms with E-state index in [2.05, 4.69) is 4.62 Å². The quantitative estimate of drug-likeness (QED) is 0.274. The molecule has 9 heteroatoms. The summed E-state index contributed by atoms with van der Waals surface area (Å²) in [6.07, 6.45) is -1.34. The third-order valence-electron chi connectivity index (χ3n) is 1.05. The van der Waals surface area contributed by atoms with E-state index < -0.39 is 25.9 Å². The summed E-state index contributed by atoms with van der Waals surface area (Å²) in [6, 6.07) is -1.59. The zero-order valence-electron chi connectivity index (χ0n) is 6.62. The molecule has 0 saturated heterocycles. The summed E-state index contributed by atoms with van der Waals surface area (Å²) in [4.78, 5) is 26.7. The predicted molar refractivity (Wildman–Crippen MR) is 39.4 cm³/mol. The monoisotopic (exact) mass is 215 g/mol. The van der Waals surface area contributed by atoms with Crippen LogP contribution in [0, 0.1) is 0 Å². The second kappa shape index (κ2) is 4.66. The first-order valence-corrected chi connectivity index (χ1v) is 4.67. The third-order valence-corrected chi connectivity index (χ3v) is 1.39. The van der Waals surface area contributed by atoms with Gasteiger partial charge in [0.05, 0.1) is 6.10 Å². The van der Waals surface area contributed by atoms with Crippen molar-refractivity contribution in [2.24, 2.45) is 0 Å². The van der Waals surface area contributed by atoms with Gasteiger partial charge in [-0.2, -0.15) is 10.1 Å². The molecule has 5 N–H and O–H groups in total. The molecule has 1 unspecified atom stereocenters. The highest BCUT2D eigenvalue weighted by Gasteiger charge is 2.26. The molecule has 0 spiro atoms. The van der Waals surface area contributed by atoms with Crippen LogP contribution in [0.2, 0.25) is 0 Å². The molecule has 0 rings (SSSR count). The molecule has 78 valence electrons. The number of carbonyl (C=O) groups is 1. The standard InChI is InChI=1S/C4H10NO7P/c1-2(6)3(4(7)8)5-12-13(9,10)11/h2-3,5-6H,1H3,(H,7,8)(H2,9,10,11)/t2?,3-/m0/s1. The maximum atomic E-state index is 10.3. The lowest BCUT2D eigenvalue weighted by Crippen LogP contribution is -2.44. The van der Waals surface area contributed by atoms with Gasteiger partial charge in [-0.05, 0) is 6.92 Å². The van der Waals surface area contributed by atoms with E-state index >= 15 is 0 Å². The fraction of sp³-hybridized carbons (Fsp3) is 0.750. The van der Waals surface area contributed by atoms with Gasteiger partial charge >= 0.3 is 13.8 Å². The van der Waals surface area contributed by atoms with Crippen molar-refractivity contribution >= 4 is 13.8 Å². The number of carboxylic acid groups (broad SMARTS) is 1. The number of phosphoric acid groups is 1. The highest BCUT2D eigenvalue weighted by Crippen LogP contribution is 2.34. The van der Waals surface area contributed by atoms with Gasteiger partial charge in [-0.15, -0.1) is 0 Å². The van der Waals surface area contributed by atoms with Gasteiger partial charge in [0.1, 0.15) is 0 Å². The van der Waals surface area contributed by atoms with Gasteiger partial charge in [0, 0.05) is 0 Å². The predicted octanol–water partition coefficient (Wildman–Crippen LogP) is -1.57. The van der Waals surface area contributed by atoms with E-state index in [1.807, 2.05) is 0 Å². The Morgan fingerprint density at radius 2 is 2.00 bits per heavy atom.